The summed E-state index contributed by atoms with van der Waals surface area (Å²) in [6, 6.07) is -0.406. The highest BCUT2D eigenvalue weighted by atomic mass is 16.2. The van der Waals surface area contributed by atoms with Crippen LogP contribution in [0.5, 0.6) is 0 Å². The second-order valence-corrected chi connectivity index (χ2v) is 3.77. The van der Waals surface area contributed by atoms with Gasteiger partial charge in [-0.1, -0.05) is 6.92 Å². The molecule has 1 fully saturated rings. The second kappa shape index (κ2) is 5.60. The Balaban J connectivity index is 2.53. The number of carbonyl (C=O) groups is 3. The molecule has 1 aliphatic heterocycles. The first-order valence-corrected chi connectivity index (χ1v) is 5.40. The van der Waals surface area contributed by atoms with Gasteiger partial charge in [0.2, 0.25) is 17.7 Å². The summed E-state index contributed by atoms with van der Waals surface area (Å²) in [5, 5.41) is 5.39. The SMILES string of the molecule is CCCNC(=O)CN1C(=O)CNC(C)C1=O. The minimum Gasteiger partial charge on any atom is -0.355 e. The summed E-state index contributed by atoms with van der Waals surface area (Å²) < 4.78 is 0. The summed E-state index contributed by atoms with van der Waals surface area (Å²) in [5.74, 6) is -0.990. The maximum absolute atomic E-state index is 11.6. The molecular formula is C10H17N3O3. The molecule has 16 heavy (non-hydrogen) atoms. The Morgan fingerprint density at radius 1 is 1.56 bits per heavy atom. The van der Waals surface area contributed by atoms with Crippen LogP contribution in [-0.4, -0.2) is 48.3 Å². The summed E-state index contributed by atoms with van der Waals surface area (Å²) in [4.78, 5) is 35.4. The third-order valence-electron chi connectivity index (χ3n) is 2.37. The summed E-state index contributed by atoms with van der Waals surface area (Å²) in [7, 11) is 0. The molecule has 3 amide bonds. The molecule has 0 spiro atoms. The fourth-order valence-corrected chi connectivity index (χ4v) is 1.41. The van der Waals surface area contributed by atoms with E-state index in [9.17, 15) is 14.4 Å². The second-order valence-electron chi connectivity index (χ2n) is 3.77. The Morgan fingerprint density at radius 3 is 2.88 bits per heavy atom. The molecule has 2 N–H and O–H groups in total. The van der Waals surface area contributed by atoms with E-state index in [1.54, 1.807) is 6.92 Å². The van der Waals surface area contributed by atoms with Crippen LogP contribution in [0, 0.1) is 0 Å². The van der Waals surface area contributed by atoms with E-state index in [4.69, 9.17) is 0 Å². The van der Waals surface area contributed by atoms with Crippen LogP contribution in [0.15, 0.2) is 0 Å². The van der Waals surface area contributed by atoms with Crippen LogP contribution < -0.4 is 10.6 Å². The van der Waals surface area contributed by atoms with Crippen molar-refractivity contribution in [3.05, 3.63) is 0 Å². The average molecular weight is 227 g/mol. The number of amides is 3. The van der Waals surface area contributed by atoms with Gasteiger partial charge in [-0.25, -0.2) is 0 Å². The molecule has 6 heteroatoms. The molecule has 0 radical (unpaired) electrons. The predicted molar refractivity (Wildman–Crippen MR) is 57.5 cm³/mol. The zero-order valence-electron chi connectivity index (χ0n) is 9.58. The van der Waals surface area contributed by atoms with Gasteiger partial charge in [0.25, 0.3) is 0 Å². The van der Waals surface area contributed by atoms with Gasteiger partial charge in [0.15, 0.2) is 0 Å². The van der Waals surface area contributed by atoms with E-state index in [-0.39, 0.29) is 30.8 Å². The van der Waals surface area contributed by atoms with E-state index in [0.717, 1.165) is 11.3 Å². The van der Waals surface area contributed by atoms with Gasteiger partial charge >= 0.3 is 0 Å². The molecule has 6 nitrogen and oxygen atoms in total. The van der Waals surface area contributed by atoms with E-state index in [1.165, 1.54) is 0 Å². The molecule has 0 bridgehead atoms. The van der Waals surface area contributed by atoms with Crippen molar-refractivity contribution < 1.29 is 14.4 Å². The largest absolute Gasteiger partial charge is 0.355 e. The number of carbonyl (C=O) groups excluding carboxylic acids is 3. The first kappa shape index (κ1) is 12.6. The van der Waals surface area contributed by atoms with Gasteiger partial charge < -0.3 is 5.32 Å². The molecule has 1 saturated heterocycles. The van der Waals surface area contributed by atoms with Crippen LogP contribution >= 0.6 is 0 Å². The van der Waals surface area contributed by atoms with Crippen molar-refractivity contribution in [1.82, 2.24) is 15.5 Å². The topological polar surface area (TPSA) is 78.5 Å². The summed E-state index contributed by atoms with van der Waals surface area (Å²) in [6.45, 7) is 4.09. The molecule has 1 atom stereocenters. The van der Waals surface area contributed by atoms with Crippen molar-refractivity contribution in [3.8, 4) is 0 Å². The Kier molecular flexibility index (Phi) is 4.42. The molecule has 1 aliphatic rings. The molecule has 1 rings (SSSR count). The molecule has 0 aliphatic carbocycles. The highest BCUT2D eigenvalue weighted by molar-refractivity contribution is 6.03. The number of nitrogens with one attached hydrogen (secondary N) is 2. The van der Waals surface area contributed by atoms with E-state index in [0.29, 0.717) is 6.54 Å². The first-order chi connectivity index (χ1) is 7.56. The van der Waals surface area contributed by atoms with E-state index < -0.39 is 6.04 Å². The number of hydrogen-bond donors (Lipinski definition) is 2. The molecule has 1 heterocycles. The smallest absolute Gasteiger partial charge is 0.246 e. The van der Waals surface area contributed by atoms with Crippen molar-refractivity contribution in [2.75, 3.05) is 19.6 Å². The molecule has 1 unspecified atom stereocenters. The standard InChI is InChI=1S/C10H17N3O3/c1-3-4-11-8(14)6-13-9(15)5-12-7(2)10(13)16/h7,12H,3-6H2,1-2H3,(H,11,14). The zero-order valence-corrected chi connectivity index (χ0v) is 9.58. The first-order valence-electron chi connectivity index (χ1n) is 5.40. The van der Waals surface area contributed by atoms with Crippen LogP contribution in [0.2, 0.25) is 0 Å². The molecular weight excluding hydrogens is 210 g/mol. The van der Waals surface area contributed by atoms with E-state index in [1.807, 2.05) is 6.92 Å². The number of hydrogen-bond acceptors (Lipinski definition) is 4. The van der Waals surface area contributed by atoms with Crippen molar-refractivity contribution in [2.45, 2.75) is 26.3 Å². The van der Waals surface area contributed by atoms with Gasteiger partial charge in [0, 0.05) is 6.54 Å². The normalized spacial score (nSPS) is 21.1. The lowest BCUT2D eigenvalue weighted by molar-refractivity contribution is -0.151. The van der Waals surface area contributed by atoms with Crippen molar-refractivity contribution >= 4 is 17.7 Å². The Hall–Kier alpha value is -1.43. The van der Waals surface area contributed by atoms with Crippen molar-refractivity contribution in [3.63, 3.8) is 0 Å². The third-order valence-corrected chi connectivity index (χ3v) is 2.37. The van der Waals surface area contributed by atoms with Gasteiger partial charge in [0.05, 0.1) is 12.6 Å². The maximum Gasteiger partial charge on any atom is 0.246 e. The summed E-state index contributed by atoms with van der Waals surface area (Å²) in [6.07, 6.45) is 0.825. The van der Waals surface area contributed by atoms with Crippen LogP contribution in [0.1, 0.15) is 20.3 Å². The Morgan fingerprint density at radius 2 is 2.25 bits per heavy atom. The van der Waals surface area contributed by atoms with Gasteiger partial charge in [-0.15, -0.1) is 0 Å². The van der Waals surface area contributed by atoms with Crippen LogP contribution in [0.4, 0.5) is 0 Å². The zero-order chi connectivity index (χ0) is 12.1. The lowest BCUT2D eigenvalue weighted by atomic mass is 10.2. The van der Waals surface area contributed by atoms with Gasteiger partial charge in [-0.05, 0) is 13.3 Å². The molecule has 0 aromatic carbocycles. The minimum absolute atomic E-state index is 0.105. The molecule has 0 aromatic rings. The lowest BCUT2D eigenvalue weighted by Crippen LogP contribution is -2.58. The average Bonchev–Trinajstić information content (AvgIpc) is 2.27. The number of rotatable bonds is 4. The molecule has 0 aromatic heterocycles. The Bertz CT molecular complexity index is 304. The quantitative estimate of drug-likeness (QED) is 0.595. The lowest BCUT2D eigenvalue weighted by Gasteiger charge is -2.29. The maximum atomic E-state index is 11.6. The highest BCUT2D eigenvalue weighted by Crippen LogP contribution is 2.01. The number of piperazine rings is 1. The summed E-state index contributed by atoms with van der Waals surface area (Å²) >= 11 is 0. The highest BCUT2D eigenvalue weighted by Gasteiger charge is 2.32. The molecule has 90 valence electrons. The van der Waals surface area contributed by atoms with Gasteiger partial charge in [-0.2, -0.15) is 0 Å². The number of imide groups is 1. The minimum atomic E-state index is -0.406. The number of nitrogens with zero attached hydrogens (tertiary/aromatic N) is 1. The molecule has 0 saturated carbocycles. The van der Waals surface area contributed by atoms with Crippen LogP contribution in [0.3, 0.4) is 0 Å². The van der Waals surface area contributed by atoms with E-state index in [2.05, 4.69) is 10.6 Å². The third kappa shape index (κ3) is 3.03. The van der Waals surface area contributed by atoms with Crippen LogP contribution in [-0.2, 0) is 14.4 Å². The fourth-order valence-electron chi connectivity index (χ4n) is 1.41. The fraction of sp³-hybridized carbons (Fsp3) is 0.700. The van der Waals surface area contributed by atoms with Crippen molar-refractivity contribution in [1.29, 1.82) is 0 Å². The van der Waals surface area contributed by atoms with E-state index >= 15 is 0 Å². The predicted octanol–water partition coefficient (Wildman–Crippen LogP) is -1.14. The van der Waals surface area contributed by atoms with Crippen molar-refractivity contribution in [2.24, 2.45) is 0 Å². The summed E-state index contributed by atoms with van der Waals surface area (Å²) in [5.41, 5.74) is 0. The van der Waals surface area contributed by atoms with Gasteiger partial charge in [0.1, 0.15) is 6.54 Å². The van der Waals surface area contributed by atoms with Crippen LogP contribution in [0.25, 0.3) is 0 Å². The monoisotopic (exact) mass is 227 g/mol. The Labute approximate surface area is 94.4 Å². The van der Waals surface area contributed by atoms with Gasteiger partial charge in [-0.3, -0.25) is 24.6 Å².